The van der Waals surface area contributed by atoms with Gasteiger partial charge in [-0.2, -0.15) is 0 Å². The van der Waals surface area contributed by atoms with E-state index >= 15 is 0 Å². The zero-order valence-corrected chi connectivity index (χ0v) is 10.0. The van der Waals surface area contributed by atoms with Gasteiger partial charge in [0.2, 0.25) is 0 Å². The Kier molecular flexibility index (Phi) is 2.99. The van der Waals surface area contributed by atoms with Gasteiger partial charge in [0.05, 0.1) is 0 Å². The smallest absolute Gasteiger partial charge is 0.0369 e. The lowest BCUT2D eigenvalue weighted by Crippen LogP contribution is -2.19. The highest BCUT2D eigenvalue weighted by Gasteiger charge is 2.18. The van der Waals surface area contributed by atoms with E-state index in [9.17, 15) is 0 Å². The molecule has 0 radical (unpaired) electrons. The van der Waals surface area contributed by atoms with E-state index in [2.05, 4.69) is 49.9 Å². The number of anilines is 1. The fraction of sp³-hybridized carbons (Fsp3) is 0.571. The summed E-state index contributed by atoms with van der Waals surface area (Å²) in [6, 6.07) is 9.01. The zero-order chi connectivity index (χ0) is 10.8. The molecule has 1 heteroatoms. The summed E-state index contributed by atoms with van der Waals surface area (Å²) in [4.78, 5) is 2.51. The van der Waals surface area contributed by atoms with Crippen molar-refractivity contribution in [1.82, 2.24) is 0 Å². The molecule has 0 saturated carbocycles. The summed E-state index contributed by atoms with van der Waals surface area (Å²) in [6.07, 6.45) is 1.34. The van der Waals surface area contributed by atoms with Crippen molar-refractivity contribution in [3.63, 3.8) is 0 Å². The summed E-state index contributed by atoms with van der Waals surface area (Å²) in [5.41, 5.74) is 2.86. The lowest BCUT2D eigenvalue weighted by atomic mass is 10.0. The molecular formula is C14H21N. The van der Waals surface area contributed by atoms with Gasteiger partial charge in [-0.15, -0.1) is 0 Å². The van der Waals surface area contributed by atoms with Crippen molar-refractivity contribution in [3.05, 3.63) is 29.8 Å². The quantitative estimate of drug-likeness (QED) is 0.709. The Morgan fingerprint density at radius 1 is 1.33 bits per heavy atom. The lowest BCUT2D eigenvalue weighted by Gasteiger charge is -2.19. The van der Waals surface area contributed by atoms with Crippen LogP contribution in [0.25, 0.3) is 0 Å². The number of benzene rings is 1. The first-order valence-corrected chi connectivity index (χ1v) is 6.01. The second-order valence-corrected chi connectivity index (χ2v) is 5.09. The van der Waals surface area contributed by atoms with Gasteiger partial charge in [-0.25, -0.2) is 0 Å². The van der Waals surface area contributed by atoms with Crippen molar-refractivity contribution in [2.24, 2.45) is 5.92 Å². The number of rotatable bonds is 2. The maximum Gasteiger partial charge on any atom is 0.0369 e. The summed E-state index contributed by atoms with van der Waals surface area (Å²) >= 11 is 0. The van der Waals surface area contributed by atoms with Crippen LogP contribution in [0.4, 0.5) is 5.69 Å². The Bertz CT molecular complexity index is 330. The van der Waals surface area contributed by atoms with E-state index < -0.39 is 0 Å². The molecule has 0 N–H and O–H groups in total. The third kappa shape index (κ3) is 2.34. The van der Waals surface area contributed by atoms with Crippen LogP contribution in [-0.4, -0.2) is 13.1 Å². The number of nitrogens with zero attached hydrogens (tertiary/aromatic N) is 1. The van der Waals surface area contributed by atoms with E-state index in [1.807, 2.05) is 0 Å². The molecule has 1 aromatic carbocycles. The molecule has 1 nitrogen and oxygen atoms in total. The minimum Gasteiger partial charge on any atom is -0.371 e. The molecule has 1 unspecified atom stereocenters. The van der Waals surface area contributed by atoms with Crippen molar-refractivity contribution in [3.8, 4) is 0 Å². The molecule has 15 heavy (non-hydrogen) atoms. The molecule has 1 atom stereocenters. The first-order chi connectivity index (χ1) is 7.16. The third-order valence-corrected chi connectivity index (χ3v) is 3.33. The van der Waals surface area contributed by atoms with Crippen LogP contribution in [0.2, 0.25) is 0 Å². The van der Waals surface area contributed by atoms with Crippen molar-refractivity contribution in [2.45, 2.75) is 33.1 Å². The molecule has 0 amide bonds. The highest BCUT2D eigenvalue weighted by Crippen LogP contribution is 2.26. The zero-order valence-electron chi connectivity index (χ0n) is 10.0. The van der Waals surface area contributed by atoms with E-state index in [-0.39, 0.29) is 0 Å². The Morgan fingerprint density at radius 3 is 2.73 bits per heavy atom. The van der Waals surface area contributed by atoms with Crippen LogP contribution in [0.5, 0.6) is 0 Å². The molecule has 1 aliphatic heterocycles. The molecular weight excluding hydrogens is 182 g/mol. The minimum atomic E-state index is 0.630. The molecule has 1 aromatic rings. The van der Waals surface area contributed by atoms with Crippen LogP contribution in [0.1, 0.15) is 38.7 Å². The van der Waals surface area contributed by atoms with Gasteiger partial charge in [0.25, 0.3) is 0 Å². The Hall–Kier alpha value is -0.980. The van der Waals surface area contributed by atoms with Crippen molar-refractivity contribution in [1.29, 1.82) is 0 Å². The van der Waals surface area contributed by atoms with Gasteiger partial charge < -0.3 is 4.90 Å². The molecule has 2 rings (SSSR count). The van der Waals surface area contributed by atoms with Gasteiger partial charge in [-0.3, -0.25) is 0 Å². The standard InChI is InChI=1S/C14H21N/c1-11(2)13-5-4-6-14(9-13)15-8-7-12(3)10-15/h4-6,9,11-12H,7-8,10H2,1-3H3. The summed E-state index contributed by atoms with van der Waals surface area (Å²) < 4.78 is 0. The highest BCUT2D eigenvalue weighted by molar-refractivity contribution is 5.50. The second-order valence-electron chi connectivity index (χ2n) is 5.09. The van der Waals surface area contributed by atoms with Crippen LogP contribution in [0.3, 0.4) is 0 Å². The Balaban J connectivity index is 2.18. The first-order valence-electron chi connectivity index (χ1n) is 6.01. The van der Waals surface area contributed by atoms with E-state index in [1.165, 1.54) is 30.8 Å². The third-order valence-electron chi connectivity index (χ3n) is 3.33. The number of hydrogen-bond donors (Lipinski definition) is 0. The highest BCUT2D eigenvalue weighted by atomic mass is 15.1. The topological polar surface area (TPSA) is 3.24 Å². The molecule has 0 aliphatic carbocycles. The van der Waals surface area contributed by atoms with Crippen molar-refractivity contribution in [2.75, 3.05) is 18.0 Å². The molecule has 0 spiro atoms. The minimum absolute atomic E-state index is 0.630. The van der Waals surface area contributed by atoms with Gasteiger partial charge in [-0.1, -0.05) is 32.9 Å². The van der Waals surface area contributed by atoms with Gasteiger partial charge in [0, 0.05) is 18.8 Å². The fourth-order valence-electron chi connectivity index (χ4n) is 2.25. The molecule has 1 heterocycles. The summed E-state index contributed by atoms with van der Waals surface area (Å²) in [7, 11) is 0. The lowest BCUT2D eigenvalue weighted by molar-refractivity contribution is 0.659. The van der Waals surface area contributed by atoms with E-state index in [1.54, 1.807) is 0 Å². The second kappa shape index (κ2) is 4.26. The van der Waals surface area contributed by atoms with Crippen LogP contribution in [-0.2, 0) is 0 Å². The van der Waals surface area contributed by atoms with E-state index in [0.717, 1.165) is 5.92 Å². The van der Waals surface area contributed by atoms with Crippen LogP contribution in [0, 0.1) is 5.92 Å². The van der Waals surface area contributed by atoms with E-state index in [4.69, 9.17) is 0 Å². The molecule has 0 bridgehead atoms. The SMILES string of the molecule is CC1CCN(c2cccc(C(C)C)c2)C1. The summed E-state index contributed by atoms with van der Waals surface area (Å²) in [5, 5.41) is 0. The van der Waals surface area contributed by atoms with Gasteiger partial charge in [0.15, 0.2) is 0 Å². The van der Waals surface area contributed by atoms with Gasteiger partial charge >= 0.3 is 0 Å². The molecule has 1 fully saturated rings. The first kappa shape index (κ1) is 10.5. The number of hydrogen-bond acceptors (Lipinski definition) is 1. The van der Waals surface area contributed by atoms with Crippen LogP contribution in [0.15, 0.2) is 24.3 Å². The average molecular weight is 203 g/mol. The average Bonchev–Trinajstić information content (AvgIpc) is 2.65. The molecule has 1 saturated heterocycles. The van der Waals surface area contributed by atoms with Crippen LogP contribution >= 0.6 is 0 Å². The van der Waals surface area contributed by atoms with Crippen molar-refractivity contribution < 1.29 is 0 Å². The Morgan fingerprint density at radius 2 is 2.13 bits per heavy atom. The van der Waals surface area contributed by atoms with Crippen molar-refractivity contribution >= 4 is 5.69 Å². The predicted molar refractivity (Wildman–Crippen MR) is 66.5 cm³/mol. The fourth-order valence-corrected chi connectivity index (χ4v) is 2.25. The van der Waals surface area contributed by atoms with E-state index in [0.29, 0.717) is 5.92 Å². The molecule has 0 aromatic heterocycles. The largest absolute Gasteiger partial charge is 0.371 e. The maximum absolute atomic E-state index is 2.51. The normalized spacial score (nSPS) is 21.3. The Labute approximate surface area is 93.1 Å². The van der Waals surface area contributed by atoms with Gasteiger partial charge in [0.1, 0.15) is 0 Å². The van der Waals surface area contributed by atoms with Gasteiger partial charge in [-0.05, 0) is 36.0 Å². The summed E-state index contributed by atoms with van der Waals surface area (Å²) in [5.74, 6) is 1.48. The molecule has 82 valence electrons. The maximum atomic E-state index is 2.51. The van der Waals surface area contributed by atoms with Crippen LogP contribution < -0.4 is 4.90 Å². The predicted octanol–water partition coefficient (Wildman–Crippen LogP) is 3.66. The summed E-state index contributed by atoms with van der Waals surface area (Å²) in [6.45, 7) is 9.30. The monoisotopic (exact) mass is 203 g/mol. The molecule has 1 aliphatic rings.